The average molecular weight is 249 g/mol. The van der Waals surface area contributed by atoms with Crippen molar-refractivity contribution in [3.63, 3.8) is 0 Å². The van der Waals surface area contributed by atoms with Crippen LogP contribution >= 0.6 is 11.6 Å². The van der Waals surface area contributed by atoms with Gasteiger partial charge in [-0.25, -0.2) is 9.97 Å². The first kappa shape index (κ1) is 11.7. The molecule has 88 valence electrons. The number of nitrogens with one attached hydrogen (secondary N) is 1. The fourth-order valence-corrected chi connectivity index (χ4v) is 1.66. The van der Waals surface area contributed by atoms with Crippen LogP contribution in [0.25, 0.3) is 0 Å². The minimum Gasteiger partial charge on any atom is -0.376 e. The second kappa shape index (κ2) is 5.01. The van der Waals surface area contributed by atoms with Crippen LogP contribution in [0.3, 0.4) is 0 Å². The Morgan fingerprint density at radius 3 is 2.65 bits per heavy atom. The number of nitrogens with zero attached hydrogens (tertiary/aromatic N) is 3. The van der Waals surface area contributed by atoms with Gasteiger partial charge in [0, 0.05) is 20.2 Å². The van der Waals surface area contributed by atoms with Crippen molar-refractivity contribution in [1.29, 1.82) is 0 Å². The summed E-state index contributed by atoms with van der Waals surface area (Å²) in [6, 6.07) is 9.68. The second-order valence-corrected chi connectivity index (χ2v) is 4.15. The summed E-state index contributed by atoms with van der Waals surface area (Å²) >= 11 is 5.81. The van der Waals surface area contributed by atoms with Gasteiger partial charge in [-0.15, -0.1) is 0 Å². The Balaban J connectivity index is 2.30. The van der Waals surface area contributed by atoms with Crippen molar-refractivity contribution in [2.24, 2.45) is 0 Å². The molecule has 0 saturated heterocycles. The minimum absolute atomic E-state index is 0.421. The zero-order valence-electron chi connectivity index (χ0n) is 9.68. The summed E-state index contributed by atoms with van der Waals surface area (Å²) in [6.45, 7) is 0. The molecule has 5 heteroatoms. The third-order valence-corrected chi connectivity index (χ3v) is 2.49. The molecule has 1 heterocycles. The summed E-state index contributed by atoms with van der Waals surface area (Å²) in [6.07, 6.45) is 1.43. The molecule has 0 aliphatic heterocycles. The molecular formula is C12H13ClN4. The van der Waals surface area contributed by atoms with Gasteiger partial charge in [-0.2, -0.15) is 0 Å². The van der Waals surface area contributed by atoms with Crippen LogP contribution in [0, 0.1) is 0 Å². The van der Waals surface area contributed by atoms with Crippen LogP contribution in [0.2, 0.25) is 5.15 Å². The molecule has 0 spiro atoms. The summed E-state index contributed by atoms with van der Waals surface area (Å²) in [7, 11) is 3.99. The molecule has 0 radical (unpaired) electrons. The lowest BCUT2D eigenvalue weighted by molar-refractivity contribution is 1.13. The van der Waals surface area contributed by atoms with Crippen molar-refractivity contribution < 1.29 is 0 Å². The summed E-state index contributed by atoms with van der Waals surface area (Å²) in [5.74, 6) is 0.680. The van der Waals surface area contributed by atoms with Crippen LogP contribution < -0.4 is 10.2 Å². The molecule has 2 aromatic rings. The first-order chi connectivity index (χ1) is 8.16. The monoisotopic (exact) mass is 248 g/mol. The van der Waals surface area contributed by atoms with Crippen molar-refractivity contribution in [3.05, 3.63) is 41.8 Å². The van der Waals surface area contributed by atoms with E-state index in [-0.39, 0.29) is 0 Å². The first-order valence-electron chi connectivity index (χ1n) is 5.18. The molecule has 2 rings (SSSR count). The normalized spacial score (nSPS) is 10.1. The molecule has 0 unspecified atom stereocenters. The van der Waals surface area contributed by atoms with Gasteiger partial charge >= 0.3 is 0 Å². The van der Waals surface area contributed by atoms with Gasteiger partial charge < -0.3 is 10.2 Å². The number of anilines is 3. The Morgan fingerprint density at radius 2 is 1.94 bits per heavy atom. The molecule has 17 heavy (non-hydrogen) atoms. The molecule has 1 aromatic heterocycles. The number of rotatable bonds is 3. The standard InChI is InChI=1S/C12H13ClN4/c1-17(2)10-6-4-3-5-9(10)16-12-7-11(13)14-8-15-12/h3-8H,1-2H3,(H,14,15,16). The maximum Gasteiger partial charge on any atom is 0.135 e. The molecule has 0 aliphatic carbocycles. The highest BCUT2D eigenvalue weighted by Gasteiger charge is 2.04. The molecule has 1 aromatic carbocycles. The maximum atomic E-state index is 5.81. The first-order valence-corrected chi connectivity index (χ1v) is 5.55. The van der Waals surface area contributed by atoms with E-state index in [1.165, 1.54) is 6.33 Å². The third kappa shape index (κ3) is 2.85. The lowest BCUT2D eigenvalue weighted by Gasteiger charge is -2.17. The van der Waals surface area contributed by atoms with Gasteiger partial charge in [-0.1, -0.05) is 23.7 Å². The topological polar surface area (TPSA) is 41.0 Å². The SMILES string of the molecule is CN(C)c1ccccc1Nc1cc(Cl)ncn1. The Morgan fingerprint density at radius 1 is 1.18 bits per heavy atom. The van der Waals surface area contributed by atoms with E-state index in [1.807, 2.05) is 43.3 Å². The second-order valence-electron chi connectivity index (χ2n) is 3.76. The van der Waals surface area contributed by atoms with E-state index >= 15 is 0 Å². The third-order valence-electron chi connectivity index (χ3n) is 2.28. The van der Waals surface area contributed by atoms with Gasteiger partial charge in [-0.3, -0.25) is 0 Å². The van der Waals surface area contributed by atoms with E-state index in [0.29, 0.717) is 11.0 Å². The van der Waals surface area contributed by atoms with Crippen LogP contribution in [0.15, 0.2) is 36.7 Å². The fraction of sp³-hybridized carbons (Fsp3) is 0.167. The van der Waals surface area contributed by atoms with Crippen molar-refractivity contribution in [2.75, 3.05) is 24.3 Å². The zero-order valence-corrected chi connectivity index (χ0v) is 10.4. The van der Waals surface area contributed by atoms with E-state index in [9.17, 15) is 0 Å². The number of halogens is 1. The summed E-state index contributed by atoms with van der Waals surface area (Å²) in [4.78, 5) is 9.99. The lowest BCUT2D eigenvalue weighted by atomic mass is 10.2. The van der Waals surface area contributed by atoms with Gasteiger partial charge in [0.2, 0.25) is 0 Å². The van der Waals surface area contributed by atoms with Gasteiger partial charge in [-0.05, 0) is 12.1 Å². The van der Waals surface area contributed by atoms with Gasteiger partial charge in [0.05, 0.1) is 11.4 Å². The molecule has 0 bridgehead atoms. The molecule has 1 N–H and O–H groups in total. The average Bonchev–Trinajstić information content (AvgIpc) is 2.29. The fourth-order valence-electron chi connectivity index (χ4n) is 1.51. The molecule has 4 nitrogen and oxygen atoms in total. The molecule has 0 atom stereocenters. The molecule has 0 saturated carbocycles. The quantitative estimate of drug-likeness (QED) is 0.848. The highest BCUT2D eigenvalue weighted by molar-refractivity contribution is 6.29. The molecule has 0 fully saturated rings. The Hall–Kier alpha value is -1.81. The number of para-hydroxylation sites is 2. The van der Waals surface area contributed by atoms with Crippen molar-refractivity contribution >= 4 is 28.8 Å². The number of benzene rings is 1. The predicted molar refractivity (Wildman–Crippen MR) is 71.1 cm³/mol. The van der Waals surface area contributed by atoms with Crippen LogP contribution in [0.5, 0.6) is 0 Å². The summed E-state index contributed by atoms with van der Waals surface area (Å²) in [5.41, 5.74) is 2.06. The zero-order chi connectivity index (χ0) is 12.3. The van der Waals surface area contributed by atoms with E-state index in [4.69, 9.17) is 11.6 Å². The number of aromatic nitrogens is 2. The Bertz CT molecular complexity index is 513. The Kier molecular flexibility index (Phi) is 3.44. The van der Waals surface area contributed by atoms with Crippen molar-refractivity contribution in [2.45, 2.75) is 0 Å². The summed E-state index contributed by atoms with van der Waals surface area (Å²) in [5, 5.41) is 3.64. The highest BCUT2D eigenvalue weighted by atomic mass is 35.5. The predicted octanol–water partition coefficient (Wildman–Crippen LogP) is 2.94. The Labute approximate surface area is 105 Å². The highest BCUT2D eigenvalue weighted by Crippen LogP contribution is 2.26. The maximum absolute atomic E-state index is 5.81. The van der Waals surface area contributed by atoms with Gasteiger partial charge in [0.1, 0.15) is 17.3 Å². The van der Waals surface area contributed by atoms with E-state index < -0.39 is 0 Å². The molecule has 0 aliphatic rings. The van der Waals surface area contributed by atoms with Gasteiger partial charge in [0.25, 0.3) is 0 Å². The molecule has 0 amide bonds. The number of hydrogen-bond acceptors (Lipinski definition) is 4. The van der Waals surface area contributed by atoms with Gasteiger partial charge in [0.15, 0.2) is 0 Å². The van der Waals surface area contributed by atoms with E-state index in [1.54, 1.807) is 6.07 Å². The summed E-state index contributed by atoms with van der Waals surface area (Å²) < 4.78 is 0. The van der Waals surface area contributed by atoms with E-state index in [0.717, 1.165) is 11.4 Å². The van der Waals surface area contributed by atoms with E-state index in [2.05, 4.69) is 15.3 Å². The van der Waals surface area contributed by atoms with Crippen LogP contribution in [0.4, 0.5) is 17.2 Å². The largest absolute Gasteiger partial charge is 0.376 e. The smallest absolute Gasteiger partial charge is 0.135 e. The number of hydrogen-bond donors (Lipinski definition) is 1. The molecular weight excluding hydrogens is 236 g/mol. The van der Waals surface area contributed by atoms with Crippen LogP contribution in [0.1, 0.15) is 0 Å². The lowest BCUT2D eigenvalue weighted by Crippen LogP contribution is -2.10. The van der Waals surface area contributed by atoms with Crippen LogP contribution in [-0.2, 0) is 0 Å². The van der Waals surface area contributed by atoms with Crippen molar-refractivity contribution in [1.82, 2.24) is 9.97 Å². The minimum atomic E-state index is 0.421. The van der Waals surface area contributed by atoms with Crippen LogP contribution in [-0.4, -0.2) is 24.1 Å². The van der Waals surface area contributed by atoms with Crippen molar-refractivity contribution in [3.8, 4) is 0 Å².